The van der Waals surface area contributed by atoms with Crippen LogP contribution in [0.25, 0.3) is 0 Å². The van der Waals surface area contributed by atoms with E-state index in [9.17, 15) is 0 Å². The molecule has 0 bridgehead atoms. The zero-order valence-corrected chi connectivity index (χ0v) is 17.2. The molecule has 29 heavy (non-hydrogen) atoms. The Morgan fingerprint density at radius 3 is 2.24 bits per heavy atom. The topological polar surface area (TPSA) is 72.4 Å². The Labute approximate surface area is 172 Å². The lowest BCUT2D eigenvalue weighted by Gasteiger charge is -2.28. The molecule has 1 unspecified atom stereocenters. The molecule has 3 aliphatic rings. The summed E-state index contributed by atoms with van der Waals surface area (Å²) in [7, 11) is 0. The molecule has 1 aromatic rings. The van der Waals surface area contributed by atoms with Gasteiger partial charge in [-0.25, -0.2) is 0 Å². The molecule has 9 heteroatoms. The molecule has 3 fully saturated rings. The van der Waals surface area contributed by atoms with Gasteiger partial charge in [0.25, 0.3) is 0 Å². The van der Waals surface area contributed by atoms with Crippen LogP contribution in [-0.4, -0.2) is 123 Å². The molecule has 0 aliphatic carbocycles. The summed E-state index contributed by atoms with van der Waals surface area (Å²) < 4.78 is 22.6. The predicted molar refractivity (Wildman–Crippen MR) is 108 cm³/mol. The lowest BCUT2D eigenvalue weighted by Crippen LogP contribution is -2.41. The highest BCUT2D eigenvalue weighted by molar-refractivity contribution is 5.13. The second-order valence-corrected chi connectivity index (χ2v) is 7.78. The van der Waals surface area contributed by atoms with E-state index in [-0.39, 0.29) is 6.10 Å². The fourth-order valence-electron chi connectivity index (χ4n) is 3.94. The highest BCUT2D eigenvalue weighted by Gasteiger charge is 2.25. The van der Waals surface area contributed by atoms with Gasteiger partial charge in [0, 0.05) is 58.9 Å². The zero-order valence-electron chi connectivity index (χ0n) is 17.2. The maximum Gasteiger partial charge on any atom is 0.235 e. The van der Waals surface area contributed by atoms with Crippen molar-refractivity contribution < 1.29 is 18.9 Å². The van der Waals surface area contributed by atoms with Crippen LogP contribution in [-0.2, 0) is 9.47 Å². The Bertz CT molecular complexity index is 610. The first-order valence-electron chi connectivity index (χ1n) is 10.8. The maximum absolute atomic E-state index is 6.08. The normalized spacial score (nSPS) is 24.6. The SMILES string of the molecule is c1ncc(OC2CCN(CCN3CCOCC3)C2)nc1OCCN1CCOCC1. The number of aromatic nitrogens is 2. The van der Waals surface area contributed by atoms with Crippen LogP contribution in [0.15, 0.2) is 12.4 Å². The number of hydrogen-bond acceptors (Lipinski definition) is 9. The first kappa shape index (κ1) is 20.7. The van der Waals surface area contributed by atoms with Gasteiger partial charge in [0.2, 0.25) is 11.8 Å². The summed E-state index contributed by atoms with van der Waals surface area (Å²) in [6, 6.07) is 0. The first-order valence-corrected chi connectivity index (χ1v) is 10.8. The fraction of sp³-hybridized carbons (Fsp3) is 0.800. The number of ether oxygens (including phenoxy) is 4. The zero-order chi connectivity index (χ0) is 19.7. The predicted octanol–water partition coefficient (Wildman–Crippen LogP) is -0.0271. The summed E-state index contributed by atoms with van der Waals surface area (Å²) in [5, 5.41) is 0. The van der Waals surface area contributed by atoms with Gasteiger partial charge in [-0.05, 0) is 6.42 Å². The van der Waals surface area contributed by atoms with Crippen molar-refractivity contribution in [2.45, 2.75) is 12.5 Å². The molecule has 3 saturated heterocycles. The summed E-state index contributed by atoms with van der Waals surface area (Å²) in [5.41, 5.74) is 0. The van der Waals surface area contributed by atoms with Crippen molar-refractivity contribution >= 4 is 0 Å². The van der Waals surface area contributed by atoms with Crippen molar-refractivity contribution in [3.05, 3.63) is 12.4 Å². The molecular weight excluding hydrogens is 374 g/mol. The summed E-state index contributed by atoms with van der Waals surface area (Å²) in [6.07, 6.45) is 4.51. The molecule has 9 nitrogen and oxygen atoms in total. The highest BCUT2D eigenvalue weighted by Crippen LogP contribution is 2.18. The van der Waals surface area contributed by atoms with Gasteiger partial charge in [0.15, 0.2) is 0 Å². The molecule has 0 N–H and O–H groups in total. The largest absolute Gasteiger partial charge is 0.475 e. The van der Waals surface area contributed by atoms with E-state index in [0.717, 1.165) is 91.8 Å². The van der Waals surface area contributed by atoms with Crippen LogP contribution in [0.4, 0.5) is 0 Å². The average Bonchev–Trinajstić information content (AvgIpc) is 3.21. The molecule has 0 spiro atoms. The molecule has 3 aliphatic heterocycles. The summed E-state index contributed by atoms with van der Waals surface area (Å²) in [5.74, 6) is 1.08. The van der Waals surface area contributed by atoms with E-state index in [0.29, 0.717) is 18.4 Å². The molecule has 4 heterocycles. The van der Waals surface area contributed by atoms with Crippen molar-refractivity contribution in [1.82, 2.24) is 24.7 Å². The van der Waals surface area contributed by atoms with E-state index >= 15 is 0 Å². The van der Waals surface area contributed by atoms with Gasteiger partial charge < -0.3 is 18.9 Å². The van der Waals surface area contributed by atoms with Gasteiger partial charge >= 0.3 is 0 Å². The van der Waals surface area contributed by atoms with Crippen LogP contribution in [0.1, 0.15) is 6.42 Å². The number of hydrogen-bond donors (Lipinski definition) is 0. The summed E-state index contributed by atoms with van der Waals surface area (Å²) in [4.78, 5) is 16.0. The minimum Gasteiger partial charge on any atom is -0.475 e. The van der Waals surface area contributed by atoms with Crippen LogP contribution >= 0.6 is 0 Å². The monoisotopic (exact) mass is 407 g/mol. The first-order chi connectivity index (χ1) is 14.3. The van der Waals surface area contributed by atoms with Crippen LogP contribution in [0.2, 0.25) is 0 Å². The number of morpholine rings is 2. The second kappa shape index (κ2) is 11.0. The molecule has 0 amide bonds. The van der Waals surface area contributed by atoms with Crippen molar-refractivity contribution in [3.63, 3.8) is 0 Å². The van der Waals surface area contributed by atoms with E-state index in [1.54, 1.807) is 12.4 Å². The van der Waals surface area contributed by atoms with E-state index in [1.807, 2.05) is 0 Å². The lowest BCUT2D eigenvalue weighted by atomic mass is 10.3. The molecule has 4 rings (SSSR count). The van der Waals surface area contributed by atoms with Crippen molar-refractivity contribution in [2.75, 3.05) is 91.9 Å². The lowest BCUT2D eigenvalue weighted by molar-refractivity contribution is 0.0319. The third kappa shape index (κ3) is 6.75. The van der Waals surface area contributed by atoms with Crippen LogP contribution in [0.5, 0.6) is 11.8 Å². The van der Waals surface area contributed by atoms with E-state index < -0.39 is 0 Å². The summed E-state index contributed by atoms with van der Waals surface area (Å²) >= 11 is 0. The minimum atomic E-state index is 0.164. The number of rotatable bonds is 9. The molecular formula is C20H33N5O4. The van der Waals surface area contributed by atoms with Gasteiger partial charge in [0.1, 0.15) is 12.7 Å². The van der Waals surface area contributed by atoms with Gasteiger partial charge in [-0.2, -0.15) is 4.98 Å². The van der Waals surface area contributed by atoms with Gasteiger partial charge in [-0.3, -0.25) is 19.7 Å². The summed E-state index contributed by atoms with van der Waals surface area (Å²) in [6.45, 7) is 13.0. The Hall–Kier alpha value is -1.52. The highest BCUT2D eigenvalue weighted by atomic mass is 16.5. The molecule has 1 atom stereocenters. The maximum atomic E-state index is 6.08. The Morgan fingerprint density at radius 1 is 0.828 bits per heavy atom. The van der Waals surface area contributed by atoms with E-state index in [2.05, 4.69) is 24.7 Å². The standard InChI is InChI=1S/C20H33N5O4/c1-2-25(4-3-23-5-10-26-11-6-23)17-18(1)29-20-16-21-15-19(22-20)28-14-9-24-7-12-27-13-8-24/h15-16,18H,1-14,17H2. The number of nitrogens with zero attached hydrogens (tertiary/aromatic N) is 5. The minimum absolute atomic E-state index is 0.164. The van der Waals surface area contributed by atoms with Crippen molar-refractivity contribution in [1.29, 1.82) is 0 Å². The molecule has 0 aromatic carbocycles. The smallest absolute Gasteiger partial charge is 0.235 e. The van der Waals surface area contributed by atoms with Crippen LogP contribution < -0.4 is 9.47 Å². The van der Waals surface area contributed by atoms with Crippen LogP contribution in [0, 0.1) is 0 Å². The Kier molecular flexibility index (Phi) is 7.89. The fourth-order valence-corrected chi connectivity index (χ4v) is 3.94. The third-order valence-corrected chi connectivity index (χ3v) is 5.70. The number of likely N-dealkylation sites (tertiary alicyclic amines) is 1. The van der Waals surface area contributed by atoms with Crippen molar-refractivity contribution in [2.24, 2.45) is 0 Å². The van der Waals surface area contributed by atoms with Crippen LogP contribution in [0.3, 0.4) is 0 Å². The quantitative estimate of drug-likeness (QED) is 0.561. The third-order valence-electron chi connectivity index (χ3n) is 5.70. The molecule has 1 aromatic heterocycles. The van der Waals surface area contributed by atoms with E-state index in [4.69, 9.17) is 18.9 Å². The molecule has 162 valence electrons. The second-order valence-electron chi connectivity index (χ2n) is 7.78. The molecule has 0 radical (unpaired) electrons. The Balaban J connectivity index is 1.16. The van der Waals surface area contributed by atoms with Crippen molar-refractivity contribution in [3.8, 4) is 11.8 Å². The molecule has 0 saturated carbocycles. The van der Waals surface area contributed by atoms with Gasteiger partial charge in [-0.15, -0.1) is 0 Å². The average molecular weight is 408 g/mol. The Morgan fingerprint density at radius 2 is 1.48 bits per heavy atom. The van der Waals surface area contributed by atoms with E-state index in [1.165, 1.54) is 0 Å². The van der Waals surface area contributed by atoms with Gasteiger partial charge in [0.05, 0.1) is 38.8 Å². The van der Waals surface area contributed by atoms with Gasteiger partial charge in [-0.1, -0.05) is 0 Å².